The van der Waals surface area contributed by atoms with Crippen LogP contribution < -0.4 is 10.9 Å². The molecule has 1 unspecified atom stereocenters. The van der Waals surface area contributed by atoms with E-state index in [4.69, 9.17) is 0 Å². The summed E-state index contributed by atoms with van der Waals surface area (Å²) in [5.41, 5.74) is 1.14. The van der Waals surface area contributed by atoms with Crippen molar-refractivity contribution in [2.24, 2.45) is 5.92 Å². The summed E-state index contributed by atoms with van der Waals surface area (Å²) in [4.78, 5) is 33.2. The molecule has 2 aromatic heterocycles. The van der Waals surface area contributed by atoms with Gasteiger partial charge in [-0.25, -0.2) is 4.98 Å². The zero-order valence-electron chi connectivity index (χ0n) is 12.3. The minimum absolute atomic E-state index is 0.0444. The number of aryl methyl sites for hydroxylation is 2. The molecule has 2 N–H and O–H groups in total. The summed E-state index contributed by atoms with van der Waals surface area (Å²) in [5, 5.41) is 3.34. The van der Waals surface area contributed by atoms with Gasteiger partial charge < -0.3 is 10.3 Å². The number of H-pyrrole nitrogens is 1. The second-order valence-electron chi connectivity index (χ2n) is 5.72. The van der Waals surface area contributed by atoms with E-state index < -0.39 is 0 Å². The van der Waals surface area contributed by atoms with E-state index in [2.05, 4.69) is 22.2 Å². The van der Waals surface area contributed by atoms with Crippen molar-refractivity contribution in [2.45, 2.75) is 39.0 Å². The molecule has 0 spiro atoms. The van der Waals surface area contributed by atoms with E-state index in [1.54, 1.807) is 18.4 Å². The number of carbonyl (C=O) groups is 1. The molecule has 21 heavy (non-hydrogen) atoms. The van der Waals surface area contributed by atoms with Gasteiger partial charge in [0, 0.05) is 24.8 Å². The molecule has 0 bridgehead atoms. The Morgan fingerprint density at radius 3 is 3.10 bits per heavy atom. The van der Waals surface area contributed by atoms with Crippen molar-refractivity contribution in [2.75, 3.05) is 7.05 Å². The van der Waals surface area contributed by atoms with Crippen molar-refractivity contribution >= 4 is 27.5 Å². The van der Waals surface area contributed by atoms with Crippen LogP contribution in [0.15, 0.2) is 4.79 Å². The molecule has 1 atom stereocenters. The van der Waals surface area contributed by atoms with Crippen LogP contribution in [0, 0.1) is 5.92 Å². The first-order valence-electron chi connectivity index (χ1n) is 7.32. The normalized spacial score (nSPS) is 17.7. The van der Waals surface area contributed by atoms with Gasteiger partial charge in [0.2, 0.25) is 5.91 Å². The molecule has 0 saturated carbocycles. The number of hydrogen-bond donors (Lipinski definition) is 2. The zero-order chi connectivity index (χ0) is 15.0. The SMILES string of the molecule is CNC(=O)CCc1nc2sc3c(c2c(=O)[nH]1)CCC(C)C3. The largest absolute Gasteiger partial charge is 0.359 e. The maximum absolute atomic E-state index is 12.3. The molecule has 112 valence electrons. The minimum atomic E-state index is -0.0565. The standard InChI is InChI=1S/C15H19N3O2S/c1-8-3-4-9-10(7-8)21-15-13(9)14(20)17-11(18-15)5-6-12(19)16-2/h8H,3-7H2,1-2H3,(H,16,19)(H,17,18,20). The third-order valence-corrected chi connectivity index (χ3v) is 5.23. The average Bonchev–Trinajstić information content (AvgIpc) is 2.82. The predicted molar refractivity (Wildman–Crippen MR) is 83.8 cm³/mol. The zero-order valence-corrected chi connectivity index (χ0v) is 13.1. The highest BCUT2D eigenvalue weighted by molar-refractivity contribution is 7.18. The summed E-state index contributed by atoms with van der Waals surface area (Å²) >= 11 is 1.64. The van der Waals surface area contributed by atoms with Crippen molar-refractivity contribution in [1.29, 1.82) is 0 Å². The Kier molecular flexibility index (Phi) is 3.80. The minimum Gasteiger partial charge on any atom is -0.359 e. The first-order valence-corrected chi connectivity index (χ1v) is 8.14. The molecule has 1 aliphatic rings. The highest BCUT2D eigenvalue weighted by Crippen LogP contribution is 2.35. The molecule has 5 nitrogen and oxygen atoms in total. The van der Waals surface area contributed by atoms with E-state index in [1.165, 1.54) is 10.4 Å². The van der Waals surface area contributed by atoms with Gasteiger partial charge in [-0.3, -0.25) is 9.59 Å². The van der Waals surface area contributed by atoms with Crippen molar-refractivity contribution in [3.63, 3.8) is 0 Å². The van der Waals surface area contributed by atoms with E-state index in [9.17, 15) is 9.59 Å². The van der Waals surface area contributed by atoms with E-state index in [1.807, 2.05) is 0 Å². The average molecular weight is 305 g/mol. The molecule has 0 saturated heterocycles. The number of nitrogens with zero attached hydrogens (tertiary/aromatic N) is 1. The van der Waals surface area contributed by atoms with Crippen molar-refractivity contribution < 1.29 is 4.79 Å². The molecule has 0 aliphatic heterocycles. The van der Waals surface area contributed by atoms with Crippen molar-refractivity contribution in [1.82, 2.24) is 15.3 Å². The van der Waals surface area contributed by atoms with Crippen molar-refractivity contribution in [3.8, 4) is 0 Å². The third kappa shape index (κ3) is 2.72. The van der Waals surface area contributed by atoms with Crippen LogP contribution in [0.5, 0.6) is 0 Å². The summed E-state index contributed by atoms with van der Waals surface area (Å²) in [7, 11) is 1.61. The maximum Gasteiger partial charge on any atom is 0.259 e. The van der Waals surface area contributed by atoms with Crippen LogP contribution in [0.2, 0.25) is 0 Å². The number of amides is 1. The van der Waals surface area contributed by atoms with Gasteiger partial charge in [-0.1, -0.05) is 6.92 Å². The van der Waals surface area contributed by atoms with Gasteiger partial charge >= 0.3 is 0 Å². The van der Waals surface area contributed by atoms with Crippen molar-refractivity contribution in [3.05, 3.63) is 26.6 Å². The topological polar surface area (TPSA) is 74.8 Å². The van der Waals surface area contributed by atoms with Crippen LogP contribution in [0.25, 0.3) is 10.2 Å². The molecule has 0 fully saturated rings. The maximum atomic E-state index is 12.3. The van der Waals surface area contributed by atoms with Crippen LogP contribution in [0.4, 0.5) is 0 Å². The highest BCUT2D eigenvalue weighted by atomic mass is 32.1. The van der Waals surface area contributed by atoms with Gasteiger partial charge in [0.15, 0.2) is 0 Å². The number of aromatic amines is 1. The number of thiophene rings is 1. The van der Waals surface area contributed by atoms with E-state index >= 15 is 0 Å². The van der Waals surface area contributed by atoms with Gasteiger partial charge in [0.1, 0.15) is 10.7 Å². The fourth-order valence-electron chi connectivity index (χ4n) is 2.87. The fraction of sp³-hybridized carbons (Fsp3) is 0.533. The molecular weight excluding hydrogens is 286 g/mol. The van der Waals surface area contributed by atoms with Crippen LogP contribution >= 0.6 is 11.3 Å². The monoisotopic (exact) mass is 305 g/mol. The van der Waals surface area contributed by atoms with Crippen LogP contribution in [0.3, 0.4) is 0 Å². The van der Waals surface area contributed by atoms with Gasteiger partial charge in [0.05, 0.1) is 5.39 Å². The Labute approximate surface area is 126 Å². The molecule has 0 radical (unpaired) electrons. The number of carbonyl (C=O) groups excluding carboxylic acids is 1. The molecule has 0 aromatic carbocycles. The molecular formula is C15H19N3O2S. The molecule has 3 rings (SSSR count). The summed E-state index contributed by atoms with van der Waals surface area (Å²) in [5.74, 6) is 1.23. The Hall–Kier alpha value is -1.69. The lowest BCUT2D eigenvalue weighted by Crippen LogP contribution is -2.20. The van der Waals surface area contributed by atoms with Gasteiger partial charge in [-0.05, 0) is 30.7 Å². The molecule has 6 heteroatoms. The molecule has 1 amide bonds. The number of nitrogens with one attached hydrogen (secondary N) is 2. The highest BCUT2D eigenvalue weighted by Gasteiger charge is 2.22. The molecule has 2 aromatic rings. The van der Waals surface area contributed by atoms with E-state index in [-0.39, 0.29) is 11.5 Å². The lowest BCUT2D eigenvalue weighted by molar-refractivity contribution is -0.120. The van der Waals surface area contributed by atoms with E-state index in [0.717, 1.165) is 29.5 Å². The third-order valence-electron chi connectivity index (χ3n) is 4.08. The Morgan fingerprint density at radius 2 is 2.33 bits per heavy atom. The Bertz CT molecular complexity index is 747. The number of fused-ring (bicyclic) bond motifs is 3. The summed E-state index contributed by atoms with van der Waals surface area (Å²) in [6.45, 7) is 2.25. The smallest absolute Gasteiger partial charge is 0.259 e. The molecule has 1 aliphatic carbocycles. The van der Waals surface area contributed by atoms with Crippen LogP contribution in [-0.4, -0.2) is 22.9 Å². The lowest BCUT2D eigenvalue weighted by Gasteiger charge is -2.17. The first-order chi connectivity index (χ1) is 10.1. The Morgan fingerprint density at radius 1 is 1.52 bits per heavy atom. The second kappa shape index (κ2) is 5.60. The van der Waals surface area contributed by atoms with Crippen LogP contribution in [0.1, 0.15) is 36.0 Å². The summed E-state index contributed by atoms with van der Waals surface area (Å²) < 4.78 is 0. The predicted octanol–water partition coefficient (Wildman–Crippen LogP) is 1.79. The lowest BCUT2D eigenvalue weighted by atomic mass is 9.89. The molecule has 2 heterocycles. The van der Waals surface area contributed by atoms with Gasteiger partial charge in [0.25, 0.3) is 5.56 Å². The number of hydrogen-bond acceptors (Lipinski definition) is 4. The van der Waals surface area contributed by atoms with E-state index in [0.29, 0.717) is 24.6 Å². The fourth-order valence-corrected chi connectivity index (χ4v) is 4.27. The van der Waals surface area contributed by atoms with Gasteiger partial charge in [-0.15, -0.1) is 11.3 Å². The first kappa shape index (κ1) is 14.3. The summed E-state index contributed by atoms with van der Waals surface area (Å²) in [6, 6.07) is 0. The quantitative estimate of drug-likeness (QED) is 0.908. The number of aromatic nitrogens is 2. The number of rotatable bonds is 3. The van der Waals surface area contributed by atoms with Gasteiger partial charge in [-0.2, -0.15) is 0 Å². The second-order valence-corrected chi connectivity index (χ2v) is 6.80. The summed E-state index contributed by atoms with van der Waals surface area (Å²) in [6.07, 6.45) is 3.95. The van der Waals surface area contributed by atoms with Crippen LogP contribution in [-0.2, 0) is 24.1 Å². The Balaban J connectivity index is 1.97.